The highest BCUT2D eigenvalue weighted by atomic mass is 16.5. The lowest BCUT2D eigenvalue weighted by atomic mass is 10.0. The highest BCUT2D eigenvalue weighted by Crippen LogP contribution is 2.37. The molecule has 0 aliphatic carbocycles. The molecule has 3 N–H and O–H groups in total. The first kappa shape index (κ1) is 26.4. The predicted octanol–water partition coefficient (Wildman–Crippen LogP) is 1.89. The third kappa shape index (κ3) is 6.02. The summed E-state index contributed by atoms with van der Waals surface area (Å²) in [6.45, 7) is 8.05. The number of anilines is 1. The zero-order valence-corrected chi connectivity index (χ0v) is 22.5. The molecule has 0 saturated carbocycles. The van der Waals surface area contributed by atoms with Crippen molar-refractivity contribution in [2.45, 2.75) is 63.8 Å². The maximum absolute atomic E-state index is 12.4. The van der Waals surface area contributed by atoms with E-state index in [1.807, 2.05) is 6.07 Å². The van der Waals surface area contributed by atoms with Crippen LogP contribution in [-0.4, -0.2) is 78.1 Å². The number of aliphatic hydroxyl groups is 1. The second-order valence-corrected chi connectivity index (χ2v) is 11.3. The second kappa shape index (κ2) is 11.7. The number of hydrogen-bond donors (Lipinski definition) is 3. The van der Waals surface area contributed by atoms with E-state index in [4.69, 9.17) is 4.74 Å². The molecule has 208 valence electrons. The van der Waals surface area contributed by atoms with E-state index in [0.717, 1.165) is 69.0 Å². The Morgan fingerprint density at radius 1 is 0.974 bits per heavy atom. The first-order valence-electron chi connectivity index (χ1n) is 14.3. The van der Waals surface area contributed by atoms with Crippen molar-refractivity contribution in [3.05, 3.63) is 64.7 Å². The molecule has 0 aromatic heterocycles. The lowest BCUT2D eigenvalue weighted by Crippen LogP contribution is -2.51. The monoisotopic (exact) mass is 533 g/mol. The zero-order chi connectivity index (χ0) is 26.8. The number of aliphatic hydroxyl groups excluding tert-OH is 1. The van der Waals surface area contributed by atoms with Crippen LogP contribution in [0.3, 0.4) is 0 Å². The van der Waals surface area contributed by atoms with Crippen molar-refractivity contribution in [3.8, 4) is 0 Å². The first-order valence-corrected chi connectivity index (χ1v) is 14.3. The molecule has 0 spiro atoms. The maximum Gasteiger partial charge on any atom is 0.244 e. The van der Waals surface area contributed by atoms with E-state index >= 15 is 0 Å². The highest BCUT2D eigenvalue weighted by molar-refractivity contribution is 6.00. The summed E-state index contributed by atoms with van der Waals surface area (Å²) in [5.74, 6) is -0.548. The lowest BCUT2D eigenvalue weighted by molar-refractivity contribution is -0.141. The molecule has 3 saturated heterocycles. The Labute approximate surface area is 230 Å². The molecule has 4 heterocycles. The minimum absolute atomic E-state index is 0.238. The molecule has 2 aromatic carbocycles. The van der Waals surface area contributed by atoms with E-state index in [1.54, 1.807) is 4.90 Å². The molecule has 6 rings (SSSR count). The zero-order valence-electron chi connectivity index (χ0n) is 22.5. The van der Waals surface area contributed by atoms with Crippen LogP contribution in [0, 0.1) is 0 Å². The van der Waals surface area contributed by atoms with Crippen LogP contribution in [0.4, 0.5) is 5.69 Å². The molecular weight excluding hydrogens is 494 g/mol. The first-order chi connectivity index (χ1) is 19.0. The summed E-state index contributed by atoms with van der Waals surface area (Å²) in [6.07, 6.45) is 2.59. The molecule has 2 unspecified atom stereocenters. The molecule has 3 fully saturated rings. The average molecular weight is 534 g/mol. The number of carbonyl (C=O) groups is 2. The molecule has 9 nitrogen and oxygen atoms in total. The summed E-state index contributed by atoms with van der Waals surface area (Å²) in [5.41, 5.74) is 5.61. The van der Waals surface area contributed by atoms with Gasteiger partial charge in [0, 0.05) is 63.5 Å². The highest BCUT2D eigenvalue weighted by Gasteiger charge is 2.39. The number of hydrogen-bond acceptors (Lipinski definition) is 8. The lowest BCUT2D eigenvalue weighted by Gasteiger charge is -2.36. The van der Waals surface area contributed by atoms with Gasteiger partial charge in [-0.3, -0.25) is 24.7 Å². The SMILES string of the molecule is O=C1CCC(N2Cc3cc(N4CCN(Cc5ccc(CO[C@H]6CCCNC6)cc5)CC4)ccc3C2O)C(=O)N1. The molecule has 4 aliphatic rings. The van der Waals surface area contributed by atoms with Gasteiger partial charge in [-0.15, -0.1) is 0 Å². The Morgan fingerprint density at radius 3 is 2.51 bits per heavy atom. The third-order valence-corrected chi connectivity index (χ3v) is 8.59. The molecular formula is C30H39N5O4. The van der Waals surface area contributed by atoms with Gasteiger partial charge in [0.2, 0.25) is 11.8 Å². The van der Waals surface area contributed by atoms with Crippen LogP contribution in [0.2, 0.25) is 0 Å². The van der Waals surface area contributed by atoms with Gasteiger partial charge in [0.15, 0.2) is 0 Å². The van der Waals surface area contributed by atoms with E-state index < -0.39 is 12.3 Å². The summed E-state index contributed by atoms with van der Waals surface area (Å²) in [5, 5.41) is 16.7. The van der Waals surface area contributed by atoms with Crippen LogP contribution < -0.4 is 15.5 Å². The minimum atomic E-state index is -0.822. The summed E-state index contributed by atoms with van der Waals surface area (Å²) in [6, 6.07) is 14.6. The van der Waals surface area contributed by atoms with E-state index in [9.17, 15) is 14.7 Å². The van der Waals surface area contributed by atoms with E-state index in [0.29, 0.717) is 32.1 Å². The van der Waals surface area contributed by atoms with Gasteiger partial charge < -0.3 is 20.1 Å². The van der Waals surface area contributed by atoms with Crippen molar-refractivity contribution < 1.29 is 19.4 Å². The number of ether oxygens (including phenoxy) is 1. The minimum Gasteiger partial charge on any atom is -0.374 e. The number of piperazine rings is 1. The van der Waals surface area contributed by atoms with Gasteiger partial charge in [-0.05, 0) is 54.6 Å². The number of imide groups is 1. The Bertz CT molecular complexity index is 1170. The number of nitrogens with zero attached hydrogens (tertiary/aromatic N) is 3. The van der Waals surface area contributed by atoms with Crippen LogP contribution in [0.25, 0.3) is 0 Å². The fourth-order valence-electron chi connectivity index (χ4n) is 6.26. The Balaban J connectivity index is 0.994. The van der Waals surface area contributed by atoms with Crippen molar-refractivity contribution in [1.82, 2.24) is 20.4 Å². The van der Waals surface area contributed by atoms with Gasteiger partial charge >= 0.3 is 0 Å². The van der Waals surface area contributed by atoms with Crippen LogP contribution in [0.15, 0.2) is 42.5 Å². The number of benzene rings is 2. The molecule has 2 aromatic rings. The summed E-state index contributed by atoms with van der Waals surface area (Å²) in [4.78, 5) is 30.6. The van der Waals surface area contributed by atoms with Crippen LogP contribution in [-0.2, 0) is 34.0 Å². The van der Waals surface area contributed by atoms with Gasteiger partial charge in [-0.2, -0.15) is 0 Å². The fourth-order valence-corrected chi connectivity index (χ4v) is 6.26. The van der Waals surface area contributed by atoms with Crippen molar-refractivity contribution in [2.75, 3.05) is 44.2 Å². The van der Waals surface area contributed by atoms with Gasteiger partial charge in [-0.1, -0.05) is 30.3 Å². The largest absolute Gasteiger partial charge is 0.374 e. The van der Waals surface area contributed by atoms with Gasteiger partial charge in [0.05, 0.1) is 18.8 Å². The molecule has 2 amide bonds. The van der Waals surface area contributed by atoms with Gasteiger partial charge in [-0.25, -0.2) is 0 Å². The third-order valence-electron chi connectivity index (χ3n) is 8.59. The fraction of sp³-hybridized carbons (Fsp3) is 0.533. The Morgan fingerprint density at radius 2 is 1.77 bits per heavy atom. The topological polar surface area (TPSA) is 97.4 Å². The van der Waals surface area contributed by atoms with E-state index in [1.165, 1.54) is 17.5 Å². The van der Waals surface area contributed by atoms with Crippen molar-refractivity contribution >= 4 is 17.5 Å². The van der Waals surface area contributed by atoms with Crippen LogP contribution in [0.5, 0.6) is 0 Å². The predicted molar refractivity (Wildman–Crippen MR) is 148 cm³/mol. The molecule has 39 heavy (non-hydrogen) atoms. The average Bonchev–Trinajstić information content (AvgIpc) is 3.29. The quantitative estimate of drug-likeness (QED) is 0.465. The summed E-state index contributed by atoms with van der Waals surface area (Å²) >= 11 is 0. The van der Waals surface area contributed by atoms with E-state index in [-0.39, 0.29) is 11.8 Å². The van der Waals surface area contributed by atoms with Crippen LogP contribution in [0.1, 0.15) is 54.2 Å². The molecule has 4 aliphatic heterocycles. The molecule has 9 heteroatoms. The normalized spacial score (nSPS) is 26.5. The maximum atomic E-state index is 12.4. The van der Waals surface area contributed by atoms with E-state index in [2.05, 4.69) is 56.8 Å². The second-order valence-electron chi connectivity index (χ2n) is 11.3. The standard InChI is InChI=1S/C30H39N5O4/c36-28-10-9-27(29(37)32-28)35-19-23-16-24(7-8-26(23)30(35)38)34-14-12-33(13-15-34)18-21-3-5-22(6-4-21)20-39-25-2-1-11-31-17-25/h3-8,16,25,27,30-31,38H,1-2,9-15,17-20H2,(H,32,36,37)/t25-,27?,30?/m0/s1. The number of piperidine rings is 2. The number of rotatable bonds is 7. The van der Waals surface area contributed by atoms with Crippen molar-refractivity contribution in [3.63, 3.8) is 0 Å². The number of amides is 2. The number of carbonyl (C=O) groups excluding carboxylic acids is 2. The number of nitrogens with one attached hydrogen (secondary N) is 2. The molecule has 3 atom stereocenters. The van der Waals surface area contributed by atoms with Crippen LogP contribution >= 0.6 is 0 Å². The Kier molecular flexibility index (Phi) is 7.95. The molecule has 0 bridgehead atoms. The van der Waals surface area contributed by atoms with Crippen molar-refractivity contribution in [2.24, 2.45) is 0 Å². The van der Waals surface area contributed by atoms with Gasteiger partial charge in [0.25, 0.3) is 0 Å². The number of fused-ring (bicyclic) bond motifs is 1. The molecule has 0 radical (unpaired) electrons. The smallest absolute Gasteiger partial charge is 0.244 e. The van der Waals surface area contributed by atoms with Crippen molar-refractivity contribution in [1.29, 1.82) is 0 Å². The summed E-state index contributed by atoms with van der Waals surface area (Å²) in [7, 11) is 0. The summed E-state index contributed by atoms with van der Waals surface area (Å²) < 4.78 is 6.07. The van der Waals surface area contributed by atoms with Gasteiger partial charge in [0.1, 0.15) is 6.23 Å². The Hall–Kier alpha value is -2.82.